The van der Waals surface area contributed by atoms with Crippen molar-refractivity contribution in [2.75, 3.05) is 27.9 Å². The fourth-order valence-corrected chi connectivity index (χ4v) is 2.08. The van der Waals surface area contributed by atoms with E-state index in [4.69, 9.17) is 18.9 Å². The second kappa shape index (κ2) is 13.1. The lowest BCUT2D eigenvalue weighted by Gasteiger charge is -2.12. The molecule has 0 unspecified atom stereocenters. The Labute approximate surface area is 161 Å². The molecule has 0 spiro atoms. The average molecular weight is 370 g/mol. The molecule has 0 amide bonds. The molecule has 5 nitrogen and oxygen atoms in total. The fourth-order valence-electron chi connectivity index (χ4n) is 2.08. The molecule has 0 aliphatic heterocycles. The lowest BCUT2D eigenvalue weighted by Crippen LogP contribution is -1.99. The van der Waals surface area contributed by atoms with Gasteiger partial charge in [-0.15, -0.1) is 0 Å². The largest absolute Gasteiger partial charge is 0.493 e. The molecule has 27 heavy (non-hydrogen) atoms. The van der Waals surface area contributed by atoms with Crippen LogP contribution in [0.2, 0.25) is 0 Å². The lowest BCUT2D eigenvalue weighted by atomic mass is 10.1. The Morgan fingerprint density at radius 1 is 1.00 bits per heavy atom. The first-order valence-corrected chi connectivity index (χ1v) is 8.62. The highest BCUT2D eigenvalue weighted by Crippen LogP contribution is 2.38. The molecule has 0 saturated carbocycles. The first-order valence-electron chi connectivity index (χ1n) is 8.62. The van der Waals surface area contributed by atoms with Crippen LogP contribution in [0.15, 0.2) is 42.5 Å². The van der Waals surface area contributed by atoms with Gasteiger partial charge in [0, 0.05) is 6.08 Å². The maximum atomic E-state index is 11.6. The third-order valence-electron chi connectivity index (χ3n) is 3.36. The van der Waals surface area contributed by atoms with Gasteiger partial charge in [-0.1, -0.05) is 37.3 Å². The Bertz CT molecular complexity index is 723. The van der Waals surface area contributed by atoms with Crippen molar-refractivity contribution < 1.29 is 23.7 Å². The van der Waals surface area contributed by atoms with Gasteiger partial charge in [0.25, 0.3) is 0 Å². The van der Waals surface area contributed by atoms with E-state index in [1.165, 1.54) is 12.2 Å². The van der Waals surface area contributed by atoms with Gasteiger partial charge in [-0.05, 0) is 42.3 Å². The number of ether oxygens (including phenoxy) is 4. The SMILES string of the molecule is CCCC=CC#CC=CC(=O)OCC=Cc1cc(OC)c(OC)c(OC)c1. The molecule has 144 valence electrons. The second-order valence-corrected chi connectivity index (χ2v) is 5.30. The summed E-state index contributed by atoms with van der Waals surface area (Å²) >= 11 is 0. The average Bonchev–Trinajstić information content (AvgIpc) is 2.69. The van der Waals surface area contributed by atoms with Crippen LogP contribution in [0.5, 0.6) is 17.2 Å². The summed E-state index contributed by atoms with van der Waals surface area (Å²) in [6.07, 6.45) is 12.2. The number of unbranched alkanes of at least 4 members (excludes halogenated alkanes) is 1. The summed E-state index contributed by atoms with van der Waals surface area (Å²) in [6, 6.07) is 3.61. The highest BCUT2D eigenvalue weighted by molar-refractivity contribution is 5.82. The van der Waals surface area contributed by atoms with Crippen molar-refractivity contribution in [1.29, 1.82) is 0 Å². The van der Waals surface area contributed by atoms with Crippen molar-refractivity contribution in [2.45, 2.75) is 19.8 Å². The minimum absolute atomic E-state index is 0.143. The van der Waals surface area contributed by atoms with Crippen LogP contribution in [0.3, 0.4) is 0 Å². The minimum atomic E-state index is -0.448. The predicted octanol–water partition coefficient (Wildman–Crippen LogP) is 4.18. The van der Waals surface area contributed by atoms with Gasteiger partial charge in [0.05, 0.1) is 21.3 Å². The van der Waals surface area contributed by atoms with Gasteiger partial charge in [0.15, 0.2) is 11.5 Å². The molecule has 0 radical (unpaired) electrons. The summed E-state index contributed by atoms with van der Waals surface area (Å²) in [5.41, 5.74) is 0.834. The van der Waals surface area contributed by atoms with E-state index in [0.717, 1.165) is 18.4 Å². The van der Waals surface area contributed by atoms with Crippen LogP contribution in [-0.2, 0) is 9.53 Å². The third kappa shape index (κ3) is 8.19. The number of allylic oxidation sites excluding steroid dienone is 3. The smallest absolute Gasteiger partial charge is 0.331 e. The Morgan fingerprint density at radius 3 is 2.26 bits per heavy atom. The van der Waals surface area contributed by atoms with Crippen molar-refractivity contribution in [3.8, 4) is 29.1 Å². The van der Waals surface area contributed by atoms with Crippen LogP contribution in [-0.4, -0.2) is 33.9 Å². The zero-order valence-electron chi connectivity index (χ0n) is 16.3. The quantitative estimate of drug-likeness (QED) is 0.371. The van der Waals surface area contributed by atoms with E-state index in [9.17, 15) is 4.79 Å². The van der Waals surface area contributed by atoms with Crippen molar-refractivity contribution in [3.63, 3.8) is 0 Å². The van der Waals surface area contributed by atoms with E-state index in [1.54, 1.807) is 51.7 Å². The second-order valence-electron chi connectivity index (χ2n) is 5.30. The Kier molecular flexibility index (Phi) is 10.7. The zero-order chi connectivity index (χ0) is 19.9. The molecule has 0 aliphatic carbocycles. The maximum Gasteiger partial charge on any atom is 0.331 e. The molecule has 0 bridgehead atoms. The first-order chi connectivity index (χ1) is 13.2. The molecule has 0 fully saturated rings. The van der Waals surface area contributed by atoms with Gasteiger partial charge in [-0.3, -0.25) is 0 Å². The van der Waals surface area contributed by atoms with Crippen LogP contribution >= 0.6 is 0 Å². The summed E-state index contributed by atoms with van der Waals surface area (Å²) in [5.74, 6) is 6.77. The Hall–Kier alpha value is -3.13. The fraction of sp³-hybridized carbons (Fsp3) is 0.318. The molecular formula is C22H26O5. The van der Waals surface area contributed by atoms with E-state index in [0.29, 0.717) is 17.2 Å². The lowest BCUT2D eigenvalue weighted by molar-refractivity contribution is -0.136. The number of carbonyl (C=O) groups excluding carboxylic acids is 1. The third-order valence-corrected chi connectivity index (χ3v) is 3.36. The molecule has 1 aromatic carbocycles. The van der Waals surface area contributed by atoms with Gasteiger partial charge >= 0.3 is 5.97 Å². The standard InChI is InChI=1S/C22H26O5/c1-5-6-7-8-9-10-11-14-21(23)27-15-12-13-18-16-19(24-2)22(26-4)20(17-18)25-3/h7-8,11-14,16-17H,5-6,15H2,1-4H3. The number of carbonyl (C=O) groups is 1. The van der Waals surface area contributed by atoms with Crippen LogP contribution in [0.25, 0.3) is 6.08 Å². The molecule has 0 atom stereocenters. The van der Waals surface area contributed by atoms with E-state index >= 15 is 0 Å². The molecule has 0 aliphatic rings. The van der Waals surface area contributed by atoms with Crippen molar-refractivity contribution in [1.82, 2.24) is 0 Å². The number of hydrogen-bond acceptors (Lipinski definition) is 5. The molecule has 0 aromatic heterocycles. The van der Waals surface area contributed by atoms with E-state index in [1.807, 2.05) is 6.08 Å². The molecular weight excluding hydrogens is 344 g/mol. The summed E-state index contributed by atoms with van der Waals surface area (Å²) in [5, 5.41) is 0. The van der Waals surface area contributed by atoms with Gasteiger partial charge in [-0.2, -0.15) is 0 Å². The van der Waals surface area contributed by atoms with Gasteiger partial charge < -0.3 is 18.9 Å². The van der Waals surface area contributed by atoms with Crippen molar-refractivity contribution >= 4 is 12.0 Å². The Morgan fingerprint density at radius 2 is 1.67 bits per heavy atom. The summed E-state index contributed by atoms with van der Waals surface area (Å²) in [6.45, 7) is 2.24. The van der Waals surface area contributed by atoms with Crippen LogP contribution in [0.1, 0.15) is 25.3 Å². The topological polar surface area (TPSA) is 54.0 Å². The number of esters is 1. The Balaban J connectivity index is 2.56. The first kappa shape index (κ1) is 21.9. The normalized spacial score (nSPS) is 10.8. The van der Waals surface area contributed by atoms with Crippen LogP contribution in [0, 0.1) is 11.8 Å². The van der Waals surface area contributed by atoms with E-state index in [-0.39, 0.29) is 6.61 Å². The van der Waals surface area contributed by atoms with Crippen LogP contribution < -0.4 is 14.2 Å². The van der Waals surface area contributed by atoms with Crippen LogP contribution in [0.4, 0.5) is 0 Å². The molecule has 5 heteroatoms. The molecule has 0 saturated heterocycles. The number of hydrogen-bond donors (Lipinski definition) is 0. The number of benzene rings is 1. The van der Waals surface area contributed by atoms with Gasteiger partial charge in [0.2, 0.25) is 5.75 Å². The summed E-state index contributed by atoms with van der Waals surface area (Å²) in [7, 11) is 4.66. The summed E-state index contributed by atoms with van der Waals surface area (Å²) in [4.78, 5) is 11.6. The predicted molar refractivity (Wildman–Crippen MR) is 107 cm³/mol. The van der Waals surface area contributed by atoms with E-state index < -0.39 is 5.97 Å². The molecule has 1 aromatic rings. The molecule has 1 rings (SSSR count). The minimum Gasteiger partial charge on any atom is -0.493 e. The monoisotopic (exact) mass is 370 g/mol. The van der Waals surface area contributed by atoms with Gasteiger partial charge in [0.1, 0.15) is 6.61 Å². The number of rotatable bonds is 9. The van der Waals surface area contributed by atoms with Gasteiger partial charge in [-0.25, -0.2) is 4.79 Å². The highest BCUT2D eigenvalue weighted by Gasteiger charge is 2.11. The zero-order valence-corrected chi connectivity index (χ0v) is 16.3. The molecule has 0 heterocycles. The van der Waals surface area contributed by atoms with E-state index in [2.05, 4.69) is 18.8 Å². The molecule has 0 N–H and O–H groups in total. The highest BCUT2D eigenvalue weighted by atomic mass is 16.5. The van der Waals surface area contributed by atoms with Crippen molar-refractivity contribution in [2.24, 2.45) is 0 Å². The summed E-state index contributed by atoms with van der Waals surface area (Å²) < 4.78 is 21.0. The van der Waals surface area contributed by atoms with Crippen molar-refractivity contribution in [3.05, 3.63) is 48.1 Å². The maximum absolute atomic E-state index is 11.6. The number of methoxy groups -OCH3 is 3.